The summed E-state index contributed by atoms with van der Waals surface area (Å²) < 4.78 is 19.6. The monoisotopic (exact) mass is 559 g/mol. The number of carbonyl (C=O) groups excluding carboxylic acids is 1. The van der Waals surface area contributed by atoms with Gasteiger partial charge in [0.05, 0.1) is 18.1 Å². The van der Waals surface area contributed by atoms with Crippen molar-refractivity contribution < 1.29 is 19.0 Å². The summed E-state index contributed by atoms with van der Waals surface area (Å²) in [6.45, 7) is 2.60. The van der Waals surface area contributed by atoms with Crippen LogP contribution in [0.4, 0.5) is 0 Å². The molecular weight excluding hydrogens is 522 g/mol. The van der Waals surface area contributed by atoms with E-state index < -0.39 is 17.1 Å². The standard InChI is InChI=1S/C34H37NO4.ClH/c1-37-28-15-14-26-23-29-34(38-22-8-13-24-9-4-2-5-10-24)18-16-27(36)32-33(34,30(26)31(28)39-32)19-21-35(29)20-17-25-11-6-3-7-12-25;/h2-7,9-12,14-15,29,32H,8,13,16-23H2,1H3;1H/t29-,32+,33+,34-;/m1./s1. The van der Waals surface area contributed by atoms with Crippen LogP contribution in [-0.4, -0.2) is 55.2 Å². The molecule has 2 heterocycles. The number of piperidine rings is 1. The highest BCUT2D eigenvalue weighted by Gasteiger charge is 2.74. The molecule has 1 spiro atoms. The van der Waals surface area contributed by atoms with Gasteiger partial charge in [0, 0.05) is 31.2 Å². The fraction of sp³-hybridized carbons (Fsp3) is 0.441. The summed E-state index contributed by atoms with van der Waals surface area (Å²) in [7, 11) is 1.69. The topological polar surface area (TPSA) is 48.0 Å². The van der Waals surface area contributed by atoms with Gasteiger partial charge < -0.3 is 14.2 Å². The summed E-state index contributed by atoms with van der Waals surface area (Å²) in [4.78, 5) is 16.2. The molecule has 2 bridgehead atoms. The maximum Gasteiger partial charge on any atom is 0.174 e. The van der Waals surface area contributed by atoms with Crippen molar-refractivity contribution in [1.29, 1.82) is 0 Å². The van der Waals surface area contributed by atoms with Crippen molar-refractivity contribution >= 4 is 18.2 Å². The molecule has 4 atom stereocenters. The molecule has 7 rings (SSSR count). The van der Waals surface area contributed by atoms with Crippen LogP contribution in [0.3, 0.4) is 0 Å². The van der Waals surface area contributed by atoms with Gasteiger partial charge in [0.25, 0.3) is 0 Å². The number of likely N-dealkylation sites (tertiary alicyclic amines) is 1. The first kappa shape index (κ1) is 27.3. The number of ether oxygens (including phenoxy) is 3. The van der Waals surface area contributed by atoms with Gasteiger partial charge in [-0.1, -0.05) is 66.7 Å². The maximum atomic E-state index is 13.5. The van der Waals surface area contributed by atoms with Gasteiger partial charge in [-0.3, -0.25) is 9.69 Å². The molecule has 0 unspecified atom stereocenters. The Kier molecular flexibility index (Phi) is 7.41. The van der Waals surface area contributed by atoms with Crippen molar-refractivity contribution in [2.75, 3.05) is 26.8 Å². The van der Waals surface area contributed by atoms with E-state index in [9.17, 15) is 4.79 Å². The Bertz CT molecular complexity index is 1370. The molecule has 2 aliphatic carbocycles. The van der Waals surface area contributed by atoms with Gasteiger partial charge in [-0.2, -0.15) is 0 Å². The number of aryl methyl sites for hydroxylation is 1. The third kappa shape index (κ3) is 4.08. The van der Waals surface area contributed by atoms with Gasteiger partial charge in [-0.25, -0.2) is 0 Å². The van der Waals surface area contributed by atoms with Gasteiger partial charge in [0.15, 0.2) is 23.4 Å². The third-order valence-corrected chi connectivity index (χ3v) is 9.88. The molecule has 0 amide bonds. The number of hydrogen-bond donors (Lipinski definition) is 0. The summed E-state index contributed by atoms with van der Waals surface area (Å²) in [6.07, 6.45) is 5.47. The number of nitrogens with zero attached hydrogens (tertiary/aromatic N) is 1. The number of halogens is 1. The molecule has 3 aromatic carbocycles. The lowest BCUT2D eigenvalue weighted by atomic mass is 9.48. The highest BCUT2D eigenvalue weighted by atomic mass is 35.5. The Morgan fingerprint density at radius 1 is 0.950 bits per heavy atom. The quantitative estimate of drug-likeness (QED) is 0.313. The van der Waals surface area contributed by atoms with E-state index in [1.54, 1.807) is 7.11 Å². The first-order chi connectivity index (χ1) is 19.2. The molecule has 2 fully saturated rings. The highest BCUT2D eigenvalue weighted by Crippen LogP contribution is 2.66. The average molecular weight is 560 g/mol. The largest absolute Gasteiger partial charge is 0.493 e. The SMILES string of the molecule is COc1ccc2c3c1O[C@H]1C(=O)CC[C@@]4(OCCCc5ccccc5)[C@@H](C2)N(CCc2ccccc2)CC[C@]314.Cl. The van der Waals surface area contributed by atoms with Crippen molar-refractivity contribution in [1.82, 2.24) is 4.90 Å². The smallest absolute Gasteiger partial charge is 0.174 e. The fourth-order valence-corrected chi connectivity index (χ4v) is 8.19. The predicted octanol–water partition coefficient (Wildman–Crippen LogP) is 5.74. The average Bonchev–Trinajstić information content (AvgIpc) is 3.33. The lowest BCUT2D eigenvalue weighted by Crippen LogP contribution is -2.77. The number of rotatable bonds is 9. The molecular formula is C34H38ClNO4. The summed E-state index contributed by atoms with van der Waals surface area (Å²) in [5.41, 5.74) is 4.27. The molecule has 0 aromatic heterocycles. The first-order valence-corrected chi connectivity index (χ1v) is 14.5. The number of ketones is 1. The van der Waals surface area contributed by atoms with Gasteiger partial charge in [0.2, 0.25) is 0 Å². The zero-order valence-corrected chi connectivity index (χ0v) is 24.0. The predicted molar refractivity (Wildman–Crippen MR) is 158 cm³/mol. The molecule has 210 valence electrons. The van der Waals surface area contributed by atoms with E-state index in [1.807, 2.05) is 6.07 Å². The van der Waals surface area contributed by atoms with Crippen LogP contribution in [0.15, 0.2) is 72.8 Å². The molecule has 0 radical (unpaired) electrons. The van der Waals surface area contributed by atoms with Crippen LogP contribution in [0.2, 0.25) is 0 Å². The van der Waals surface area contributed by atoms with Crippen molar-refractivity contribution in [2.24, 2.45) is 0 Å². The fourth-order valence-electron chi connectivity index (χ4n) is 8.19. The van der Waals surface area contributed by atoms with Crippen molar-refractivity contribution in [3.8, 4) is 11.5 Å². The van der Waals surface area contributed by atoms with Crippen molar-refractivity contribution in [3.05, 3.63) is 95.1 Å². The first-order valence-electron chi connectivity index (χ1n) is 14.5. The minimum atomic E-state index is -0.496. The zero-order chi connectivity index (χ0) is 26.5. The summed E-state index contributed by atoms with van der Waals surface area (Å²) in [5.74, 6) is 1.72. The number of Topliss-reactive ketones (excluding diaryl/α,β-unsaturated/α-hetero) is 1. The molecule has 1 saturated carbocycles. The normalized spacial score (nSPS) is 27.9. The van der Waals surface area contributed by atoms with Gasteiger partial charge in [0.1, 0.15) is 0 Å². The number of methoxy groups -OCH3 is 1. The Morgan fingerprint density at radius 2 is 1.68 bits per heavy atom. The molecule has 0 N–H and O–H groups in total. The Balaban J connectivity index is 0.00000289. The molecule has 5 nitrogen and oxygen atoms in total. The van der Waals surface area contributed by atoms with E-state index in [4.69, 9.17) is 14.2 Å². The van der Waals surface area contributed by atoms with E-state index in [0.29, 0.717) is 13.0 Å². The lowest BCUT2D eigenvalue weighted by Gasteiger charge is -2.64. The number of hydrogen-bond acceptors (Lipinski definition) is 5. The summed E-state index contributed by atoms with van der Waals surface area (Å²) >= 11 is 0. The molecule has 3 aromatic rings. The third-order valence-electron chi connectivity index (χ3n) is 9.88. The van der Waals surface area contributed by atoms with E-state index in [0.717, 1.165) is 63.1 Å². The van der Waals surface area contributed by atoms with E-state index in [2.05, 4.69) is 71.6 Å². The van der Waals surface area contributed by atoms with Crippen LogP contribution in [0.1, 0.15) is 47.9 Å². The Hall–Kier alpha value is -2.86. The van der Waals surface area contributed by atoms with E-state index in [1.165, 1.54) is 22.3 Å². The Morgan fingerprint density at radius 3 is 2.40 bits per heavy atom. The van der Waals surface area contributed by atoms with Crippen LogP contribution < -0.4 is 9.47 Å². The van der Waals surface area contributed by atoms with Gasteiger partial charge in [-0.15, -0.1) is 12.4 Å². The second-order valence-electron chi connectivity index (χ2n) is 11.6. The van der Waals surface area contributed by atoms with E-state index >= 15 is 0 Å². The van der Waals surface area contributed by atoms with Gasteiger partial charge in [-0.05, 0) is 67.8 Å². The molecule has 1 saturated heterocycles. The van der Waals surface area contributed by atoms with Crippen LogP contribution >= 0.6 is 12.4 Å². The van der Waals surface area contributed by atoms with Gasteiger partial charge >= 0.3 is 0 Å². The van der Waals surface area contributed by atoms with Crippen LogP contribution in [0.25, 0.3) is 0 Å². The zero-order valence-electron chi connectivity index (χ0n) is 23.1. The lowest BCUT2D eigenvalue weighted by molar-refractivity contribution is -0.213. The molecule has 6 heteroatoms. The minimum Gasteiger partial charge on any atom is -0.493 e. The van der Waals surface area contributed by atoms with Crippen LogP contribution in [0.5, 0.6) is 11.5 Å². The van der Waals surface area contributed by atoms with Crippen LogP contribution in [0, 0.1) is 0 Å². The summed E-state index contributed by atoms with van der Waals surface area (Å²) in [5, 5.41) is 0. The van der Waals surface area contributed by atoms with E-state index in [-0.39, 0.29) is 24.2 Å². The van der Waals surface area contributed by atoms with Crippen molar-refractivity contribution in [3.63, 3.8) is 0 Å². The number of benzene rings is 3. The summed E-state index contributed by atoms with van der Waals surface area (Å²) in [6, 6.07) is 25.8. The van der Waals surface area contributed by atoms with Crippen molar-refractivity contribution in [2.45, 2.75) is 68.1 Å². The second kappa shape index (κ2) is 10.8. The minimum absolute atomic E-state index is 0. The maximum absolute atomic E-state index is 13.5. The Labute approximate surface area is 243 Å². The number of carbonyl (C=O) groups is 1. The molecule has 2 aliphatic heterocycles. The highest BCUT2D eigenvalue weighted by molar-refractivity contribution is 5.90. The van der Waals surface area contributed by atoms with Crippen LogP contribution in [-0.2, 0) is 34.2 Å². The molecule has 40 heavy (non-hydrogen) atoms. The second-order valence-corrected chi connectivity index (χ2v) is 11.6. The molecule has 4 aliphatic rings.